The second kappa shape index (κ2) is 4.97. The Morgan fingerprint density at radius 2 is 1.67 bits per heavy atom. The van der Waals surface area contributed by atoms with Gasteiger partial charge in [0, 0.05) is 19.5 Å². The maximum Gasteiger partial charge on any atom is 0.223 e. The van der Waals surface area contributed by atoms with Crippen molar-refractivity contribution in [2.45, 2.75) is 63.8 Å². The SMILES string of the molecule is CN(C(=O)CC1(CN)CCC1)C1C2CC3CC(C2)CC1C3. The van der Waals surface area contributed by atoms with Crippen LogP contribution in [0, 0.1) is 29.1 Å². The topological polar surface area (TPSA) is 46.3 Å². The highest BCUT2D eigenvalue weighted by Crippen LogP contribution is 2.55. The van der Waals surface area contributed by atoms with E-state index in [0.717, 1.165) is 36.5 Å². The molecule has 0 radical (unpaired) electrons. The lowest BCUT2D eigenvalue weighted by molar-refractivity contribution is -0.144. The van der Waals surface area contributed by atoms with Gasteiger partial charge in [-0.15, -0.1) is 0 Å². The van der Waals surface area contributed by atoms with Crippen LogP contribution in [0.2, 0.25) is 0 Å². The summed E-state index contributed by atoms with van der Waals surface area (Å²) in [7, 11) is 2.08. The third-order valence-electron chi connectivity index (χ3n) is 7.39. The molecule has 5 aliphatic rings. The highest BCUT2D eigenvalue weighted by molar-refractivity contribution is 5.77. The molecule has 2 N–H and O–H groups in total. The molecule has 4 bridgehead atoms. The average Bonchev–Trinajstić information content (AvgIpc) is 2.41. The van der Waals surface area contributed by atoms with Crippen molar-refractivity contribution in [3.05, 3.63) is 0 Å². The fourth-order valence-electron chi connectivity index (χ4n) is 6.27. The fourth-order valence-corrected chi connectivity index (χ4v) is 6.27. The number of hydrogen-bond donors (Lipinski definition) is 1. The van der Waals surface area contributed by atoms with Gasteiger partial charge in [0.1, 0.15) is 0 Å². The Bertz CT molecular complexity index is 395. The smallest absolute Gasteiger partial charge is 0.223 e. The predicted molar refractivity (Wildman–Crippen MR) is 83.6 cm³/mol. The molecule has 0 heterocycles. The van der Waals surface area contributed by atoms with Gasteiger partial charge in [-0.2, -0.15) is 0 Å². The standard InChI is InChI=1S/C18H30N2O/c1-20(16(21)10-18(11-19)3-2-4-18)17-14-6-12-5-13(8-14)9-15(17)7-12/h12-15,17H,2-11,19H2,1H3. The molecule has 5 saturated carbocycles. The molecule has 0 atom stereocenters. The van der Waals surface area contributed by atoms with E-state index in [1.165, 1.54) is 38.5 Å². The molecule has 0 spiro atoms. The molecule has 0 aliphatic heterocycles. The molecule has 0 saturated heterocycles. The van der Waals surface area contributed by atoms with Gasteiger partial charge < -0.3 is 10.6 Å². The minimum atomic E-state index is 0.150. The summed E-state index contributed by atoms with van der Waals surface area (Å²) in [5.74, 6) is 3.93. The fraction of sp³-hybridized carbons (Fsp3) is 0.944. The molecular weight excluding hydrogens is 260 g/mol. The number of amides is 1. The molecule has 5 rings (SSSR count). The second-order valence-corrected chi connectivity index (χ2v) is 8.66. The van der Waals surface area contributed by atoms with Crippen molar-refractivity contribution in [1.82, 2.24) is 4.90 Å². The van der Waals surface area contributed by atoms with E-state index in [9.17, 15) is 4.79 Å². The number of carbonyl (C=O) groups excluding carboxylic acids is 1. The summed E-state index contributed by atoms with van der Waals surface area (Å²) in [5.41, 5.74) is 6.09. The van der Waals surface area contributed by atoms with Crippen molar-refractivity contribution in [2.24, 2.45) is 34.8 Å². The Morgan fingerprint density at radius 1 is 1.10 bits per heavy atom. The van der Waals surface area contributed by atoms with Gasteiger partial charge in [-0.1, -0.05) is 6.42 Å². The van der Waals surface area contributed by atoms with Crippen LogP contribution >= 0.6 is 0 Å². The van der Waals surface area contributed by atoms with Crippen LogP contribution in [-0.4, -0.2) is 30.4 Å². The first-order valence-electron chi connectivity index (χ1n) is 9.06. The first kappa shape index (κ1) is 14.0. The van der Waals surface area contributed by atoms with Crippen LogP contribution < -0.4 is 5.73 Å². The second-order valence-electron chi connectivity index (χ2n) is 8.66. The Labute approximate surface area is 128 Å². The lowest BCUT2D eigenvalue weighted by Crippen LogP contribution is -2.57. The van der Waals surface area contributed by atoms with Crippen molar-refractivity contribution in [3.63, 3.8) is 0 Å². The summed E-state index contributed by atoms with van der Waals surface area (Å²) in [6.07, 6.45) is 11.3. The van der Waals surface area contributed by atoms with Gasteiger partial charge >= 0.3 is 0 Å². The largest absolute Gasteiger partial charge is 0.342 e. The van der Waals surface area contributed by atoms with E-state index in [4.69, 9.17) is 5.73 Å². The predicted octanol–water partition coefficient (Wildman–Crippen LogP) is 2.79. The van der Waals surface area contributed by atoms with Gasteiger partial charge in [0.05, 0.1) is 0 Å². The molecule has 0 unspecified atom stereocenters. The van der Waals surface area contributed by atoms with E-state index in [-0.39, 0.29) is 5.41 Å². The zero-order valence-corrected chi connectivity index (χ0v) is 13.4. The molecule has 5 aliphatic carbocycles. The number of hydrogen-bond acceptors (Lipinski definition) is 2. The van der Waals surface area contributed by atoms with Gasteiger partial charge in [0.25, 0.3) is 0 Å². The highest BCUT2D eigenvalue weighted by atomic mass is 16.2. The molecule has 5 fully saturated rings. The van der Waals surface area contributed by atoms with Crippen LogP contribution in [0.25, 0.3) is 0 Å². The maximum absolute atomic E-state index is 12.8. The number of carbonyl (C=O) groups is 1. The zero-order chi connectivity index (χ0) is 14.6. The van der Waals surface area contributed by atoms with E-state index in [2.05, 4.69) is 11.9 Å². The zero-order valence-electron chi connectivity index (χ0n) is 13.4. The molecule has 21 heavy (non-hydrogen) atoms. The van der Waals surface area contributed by atoms with Crippen LogP contribution in [0.1, 0.15) is 57.8 Å². The van der Waals surface area contributed by atoms with Crippen LogP contribution in [0.3, 0.4) is 0 Å². The lowest BCUT2D eigenvalue weighted by atomic mass is 9.54. The Hall–Kier alpha value is -0.570. The summed E-state index contributed by atoms with van der Waals surface area (Å²) >= 11 is 0. The molecule has 0 aromatic carbocycles. The lowest BCUT2D eigenvalue weighted by Gasteiger charge is -2.57. The first-order chi connectivity index (χ1) is 10.1. The molecule has 3 heteroatoms. The number of rotatable bonds is 4. The molecule has 0 aromatic rings. The van der Waals surface area contributed by atoms with Crippen molar-refractivity contribution in [3.8, 4) is 0 Å². The van der Waals surface area contributed by atoms with Gasteiger partial charge in [-0.3, -0.25) is 4.79 Å². The van der Waals surface area contributed by atoms with Gasteiger partial charge in [0.2, 0.25) is 5.91 Å². The number of nitrogens with two attached hydrogens (primary N) is 1. The van der Waals surface area contributed by atoms with E-state index >= 15 is 0 Å². The van der Waals surface area contributed by atoms with Crippen LogP contribution in [0.5, 0.6) is 0 Å². The van der Waals surface area contributed by atoms with Crippen LogP contribution in [0.15, 0.2) is 0 Å². The molecular formula is C18H30N2O. The normalized spacial score (nSPS) is 42.7. The van der Waals surface area contributed by atoms with Crippen LogP contribution in [0.4, 0.5) is 0 Å². The molecule has 1 amide bonds. The third-order valence-corrected chi connectivity index (χ3v) is 7.39. The van der Waals surface area contributed by atoms with E-state index < -0.39 is 0 Å². The molecule has 0 aromatic heterocycles. The van der Waals surface area contributed by atoms with Gasteiger partial charge in [0.15, 0.2) is 0 Å². The summed E-state index contributed by atoms with van der Waals surface area (Å²) in [5, 5.41) is 0. The minimum Gasteiger partial charge on any atom is -0.342 e. The summed E-state index contributed by atoms with van der Waals surface area (Å²) in [6, 6.07) is 0.542. The van der Waals surface area contributed by atoms with Crippen molar-refractivity contribution >= 4 is 5.91 Å². The summed E-state index contributed by atoms with van der Waals surface area (Å²) in [4.78, 5) is 15.0. The van der Waals surface area contributed by atoms with E-state index in [1.807, 2.05) is 0 Å². The molecule has 118 valence electrons. The average molecular weight is 290 g/mol. The van der Waals surface area contributed by atoms with Gasteiger partial charge in [-0.05, 0) is 80.6 Å². The summed E-state index contributed by atoms with van der Waals surface area (Å²) < 4.78 is 0. The van der Waals surface area contributed by atoms with E-state index in [0.29, 0.717) is 24.9 Å². The van der Waals surface area contributed by atoms with Gasteiger partial charge in [-0.25, -0.2) is 0 Å². The first-order valence-corrected chi connectivity index (χ1v) is 9.06. The minimum absolute atomic E-state index is 0.150. The number of nitrogens with zero attached hydrogens (tertiary/aromatic N) is 1. The molecule has 3 nitrogen and oxygen atoms in total. The monoisotopic (exact) mass is 290 g/mol. The van der Waals surface area contributed by atoms with Crippen molar-refractivity contribution < 1.29 is 4.79 Å². The maximum atomic E-state index is 12.8. The van der Waals surface area contributed by atoms with Crippen molar-refractivity contribution in [1.29, 1.82) is 0 Å². The Morgan fingerprint density at radius 3 is 2.10 bits per heavy atom. The third kappa shape index (κ3) is 2.23. The van der Waals surface area contributed by atoms with Crippen molar-refractivity contribution in [2.75, 3.05) is 13.6 Å². The van der Waals surface area contributed by atoms with Crippen LogP contribution in [-0.2, 0) is 4.79 Å². The Balaban J connectivity index is 1.44. The Kier molecular flexibility index (Phi) is 3.33. The quantitative estimate of drug-likeness (QED) is 0.865. The summed E-state index contributed by atoms with van der Waals surface area (Å²) in [6.45, 7) is 0.689. The van der Waals surface area contributed by atoms with E-state index in [1.54, 1.807) is 0 Å². The highest BCUT2D eigenvalue weighted by Gasteiger charge is 2.50.